The molecule has 20 heavy (non-hydrogen) atoms. The minimum atomic E-state index is -0.174. The van der Waals surface area contributed by atoms with Crippen LogP contribution in [0, 0.1) is 0 Å². The summed E-state index contributed by atoms with van der Waals surface area (Å²) in [6, 6.07) is 1.55. The lowest BCUT2D eigenvalue weighted by Crippen LogP contribution is -2.22. The maximum atomic E-state index is 12.0. The third-order valence-corrected chi connectivity index (χ3v) is 2.94. The van der Waals surface area contributed by atoms with Crippen molar-refractivity contribution in [2.24, 2.45) is 0 Å². The Bertz CT molecular complexity index is 650. The smallest absolute Gasteiger partial charge is 0.254 e. The number of nitrogens with zero attached hydrogens (tertiary/aromatic N) is 4. The lowest BCUT2D eigenvalue weighted by Gasteiger charge is -2.10. The van der Waals surface area contributed by atoms with Crippen molar-refractivity contribution in [2.75, 3.05) is 0 Å². The average Bonchev–Trinajstić information content (AvgIpc) is 2.80. The molecule has 0 saturated carbocycles. The van der Waals surface area contributed by atoms with Gasteiger partial charge in [-0.15, -0.1) is 0 Å². The first-order valence-corrected chi connectivity index (χ1v) is 6.67. The van der Waals surface area contributed by atoms with Gasteiger partial charge in [-0.05, 0) is 5.92 Å². The quantitative estimate of drug-likeness (QED) is 0.858. The molecule has 0 radical (unpaired) electrons. The van der Waals surface area contributed by atoms with E-state index >= 15 is 0 Å². The van der Waals surface area contributed by atoms with E-state index in [2.05, 4.69) is 15.1 Å². The van der Waals surface area contributed by atoms with Crippen LogP contribution in [-0.4, -0.2) is 19.7 Å². The molecule has 0 atom stereocenters. The Labute approximate surface area is 117 Å². The van der Waals surface area contributed by atoms with E-state index in [1.807, 2.05) is 34.6 Å². The topological polar surface area (TPSA) is 73.8 Å². The number of hydrogen-bond acceptors (Lipinski definition) is 5. The highest BCUT2D eigenvalue weighted by molar-refractivity contribution is 5.05. The normalized spacial score (nSPS) is 12.1. The van der Waals surface area contributed by atoms with E-state index in [0.29, 0.717) is 11.7 Å². The minimum Gasteiger partial charge on any atom is -0.337 e. The van der Waals surface area contributed by atoms with Gasteiger partial charge in [-0.25, -0.2) is 4.98 Å². The van der Waals surface area contributed by atoms with Crippen LogP contribution in [0.2, 0.25) is 0 Å². The summed E-state index contributed by atoms with van der Waals surface area (Å²) in [5.74, 6) is 1.27. The fourth-order valence-electron chi connectivity index (χ4n) is 1.64. The molecule has 6 nitrogen and oxygen atoms in total. The Hall–Kier alpha value is -1.98. The molecular weight excluding hydrogens is 256 g/mol. The molecule has 6 heteroatoms. The molecule has 0 aromatic carbocycles. The molecule has 2 aromatic heterocycles. The Kier molecular flexibility index (Phi) is 3.74. The first kappa shape index (κ1) is 14.4. The van der Waals surface area contributed by atoms with Crippen molar-refractivity contribution in [1.29, 1.82) is 0 Å². The van der Waals surface area contributed by atoms with Gasteiger partial charge in [0, 0.05) is 11.5 Å². The summed E-state index contributed by atoms with van der Waals surface area (Å²) in [6.45, 7) is 10.3. The molecule has 2 heterocycles. The lowest BCUT2D eigenvalue weighted by molar-refractivity contribution is 0.355. The summed E-state index contributed by atoms with van der Waals surface area (Å²) in [7, 11) is 0. The van der Waals surface area contributed by atoms with Crippen LogP contribution in [0.15, 0.2) is 21.7 Å². The fourth-order valence-corrected chi connectivity index (χ4v) is 1.64. The highest BCUT2D eigenvalue weighted by Crippen LogP contribution is 2.18. The lowest BCUT2D eigenvalue weighted by atomic mass is 9.96. The standard InChI is InChI=1S/C14H20N4O2/c1-9(2)10-6-12(19)18(8-15-10)7-11-16-13(17-20-11)14(3,4)5/h6,8-9H,7H2,1-5H3. The van der Waals surface area contributed by atoms with E-state index < -0.39 is 0 Å². The van der Waals surface area contributed by atoms with E-state index in [9.17, 15) is 4.79 Å². The molecule has 0 aliphatic carbocycles. The van der Waals surface area contributed by atoms with Crippen LogP contribution in [0.1, 0.15) is 57.9 Å². The molecule has 0 N–H and O–H groups in total. The summed E-state index contributed by atoms with van der Waals surface area (Å²) < 4.78 is 6.64. The zero-order valence-corrected chi connectivity index (χ0v) is 12.5. The van der Waals surface area contributed by atoms with Gasteiger partial charge in [0.25, 0.3) is 5.56 Å². The predicted octanol–water partition coefficient (Wildman–Crippen LogP) is 2.10. The van der Waals surface area contributed by atoms with Crippen molar-refractivity contribution < 1.29 is 4.52 Å². The van der Waals surface area contributed by atoms with Crippen LogP contribution in [-0.2, 0) is 12.0 Å². The monoisotopic (exact) mass is 276 g/mol. The maximum Gasteiger partial charge on any atom is 0.254 e. The van der Waals surface area contributed by atoms with Gasteiger partial charge in [-0.1, -0.05) is 39.8 Å². The summed E-state index contributed by atoms with van der Waals surface area (Å²) in [4.78, 5) is 20.6. The van der Waals surface area contributed by atoms with Gasteiger partial charge in [0.05, 0.1) is 12.0 Å². The van der Waals surface area contributed by atoms with Gasteiger partial charge in [-0.2, -0.15) is 4.98 Å². The molecule has 0 fully saturated rings. The van der Waals surface area contributed by atoms with Crippen molar-refractivity contribution in [1.82, 2.24) is 19.7 Å². The third-order valence-electron chi connectivity index (χ3n) is 2.94. The summed E-state index contributed by atoms with van der Waals surface area (Å²) in [5.41, 5.74) is 0.498. The Balaban J connectivity index is 2.22. The molecule has 108 valence electrons. The van der Waals surface area contributed by atoms with Crippen molar-refractivity contribution in [3.05, 3.63) is 40.2 Å². The minimum absolute atomic E-state index is 0.112. The molecule has 0 aliphatic rings. The zero-order valence-electron chi connectivity index (χ0n) is 12.5. The maximum absolute atomic E-state index is 12.0. The molecular formula is C14H20N4O2. The fraction of sp³-hybridized carbons (Fsp3) is 0.571. The molecule has 0 aliphatic heterocycles. The van der Waals surface area contributed by atoms with Crippen LogP contribution >= 0.6 is 0 Å². The van der Waals surface area contributed by atoms with E-state index in [1.54, 1.807) is 6.07 Å². The molecule has 0 bridgehead atoms. The summed E-state index contributed by atoms with van der Waals surface area (Å²) in [6.07, 6.45) is 1.53. The second-order valence-corrected chi connectivity index (χ2v) is 6.20. The van der Waals surface area contributed by atoms with E-state index in [4.69, 9.17) is 4.52 Å². The first-order valence-electron chi connectivity index (χ1n) is 6.67. The molecule has 2 rings (SSSR count). The van der Waals surface area contributed by atoms with Crippen LogP contribution in [0.3, 0.4) is 0 Å². The summed E-state index contributed by atoms with van der Waals surface area (Å²) >= 11 is 0. The second-order valence-electron chi connectivity index (χ2n) is 6.20. The second kappa shape index (κ2) is 5.19. The average molecular weight is 276 g/mol. The van der Waals surface area contributed by atoms with Crippen molar-refractivity contribution in [3.8, 4) is 0 Å². The Morgan fingerprint density at radius 1 is 1.35 bits per heavy atom. The predicted molar refractivity (Wildman–Crippen MR) is 74.7 cm³/mol. The van der Waals surface area contributed by atoms with E-state index in [1.165, 1.54) is 10.9 Å². The van der Waals surface area contributed by atoms with Gasteiger partial charge >= 0.3 is 0 Å². The van der Waals surface area contributed by atoms with E-state index in [0.717, 1.165) is 5.69 Å². The van der Waals surface area contributed by atoms with Crippen molar-refractivity contribution >= 4 is 0 Å². The van der Waals surface area contributed by atoms with Crippen LogP contribution in [0.5, 0.6) is 0 Å². The Morgan fingerprint density at radius 3 is 2.55 bits per heavy atom. The van der Waals surface area contributed by atoms with Gasteiger partial charge in [0.2, 0.25) is 5.89 Å². The number of aromatic nitrogens is 4. The van der Waals surface area contributed by atoms with Gasteiger partial charge in [-0.3, -0.25) is 9.36 Å². The largest absolute Gasteiger partial charge is 0.337 e. The number of hydrogen-bond donors (Lipinski definition) is 0. The molecule has 0 amide bonds. The Morgan fingerprint density at radius 2 is 2.05 bits per heavy atom. The third kappa shape index (κ3) is 3.12. The first-order chi connectivity index (χ1) is 9.27. The van der Waals surface area contributed by atoms with Crippen LogP contribution < -0.4 is 5.56 Å². The highest BCUT2D eigenvalue weighted by Gasteiger charge is 2.21. The van der Waals surface area contributed by atoms with Gasteiger partial charge in [0.15, 0.2) is 5.82 Å². The summed E-state index contributed by atoms with van der Waals surface area (Å²) in [5, 5.41) is 3.94. The SMILES string of the molecule is CC(C)c1cc(=O)n(Cc2nc(C(C)(C)C)no2)cn1. The van der Waals surface area contributed by atoms with E-state index in [-0.39, 0.29) is 23.4 Å². The zero-order chi connectivity index (χ0) is 14.9. The van der Waals surface area contributed by atoms with Crippen molar-refractivity contribution in [2.45, 2.75) is 52.5 Å². The van der Waals surface area contributed by atoms with Gasteiger partial charge < -0.3 is 4.52 Å². The number of rotatable bonds is 3. The van der Waals surface area contributed by atoms with Crippen LogP contribution in [0.25, 0.3) is 0 Å². The highest BCUT2D eigenvalue weighted by atomic mass is 16.5. The van der Waals surface area contributed by atoms with Gasteiger partial charge in [0.1, 0.15) is 6.54 Å². The van der Waals surface area contributed by atoms with Crippen LogP contribution in [0.4, 0.5) is 0 Å². The molecule has 0 unspecified atom stereocenters. The van der Waals surface area contributed by atoms with Crippen molar-refractivity contribution in [3.63, 3.8) is 0 Å². The molecule has 0 saturated heterocycles. The molecule has 0 spiro atoms. The molecule has 2 aromatic rings.